The fourth-order valence-electron chi connectivity index (χ4n) is 6.15. The van der Waals surface area contributed by atoms with Crippen LogP contribution in [0.25, 0.3) is 0 Å². The fraction of sp³-hybridized carbons (Fsp3) is 0.659. The van der Waals surface area contributed by atoms with Crippen molar-refractivity contribution in [3.05, 3.63) is 35.9 Å². The maximum Gasteiger partial charge on any atom is 0.509 e. The minimum Gasteiger partial charge on any atom is -0.476 e. The molecule has 1 aromatic heterocycles. The Bertz CT molecular complexity index is 1810. The summed E-state index contributed by atoms with van der Waals surface area (Å²) in [4.78, 5) is 66.6. The lowest BCUT2D eigenvalue weighted by molar-refractivity contribution is -0.312. The molecule has 1 unspecified atom stereocenters. The number of carbonyl (C=O) groups is 4. The Morgan fingerprint density at radius 3 is 1.97 bits per heavy atom. The summed E-state index contributed by atoms with van der Waals surface area (Å²) >= 11 is 0. The predicted octanol–water partition coefficient (Wildman–Crippen LogP) is 8.03. The van der Waals surface area contributed by atoms with Gasteiger partial charge in [0.2, 0.25) is 11.8 Å². The lowest BCUT2D eigenvalue weighted by Crippen LogP contribution is -2.71. The van der Waals surface area contributed by atoms with Gasteiger partial charge in [0.05, 0.1) is 13.2 Å². The molecule has 0 bridgehead atoms. The molecule has 2 aromatic rings. The predicted molar refractivity (Wildman–Crippen MR) is 213 cm³/mol. The van der Waals surface area contributed by atoms with E-state index in [2.05, 4.69) is 15.3 Å². The highest BCUT2D eigenvalue weighted by atomic mass is 16.8. The maximum absolute atomic E-state index is 14.5. The van der Waals surface area contributed by atoms with E-state index in [1.807, 2.05) is 37.3 Å². The van der Waals surface area contributed by atoms with Crippen LogP contribution < -0.4 is 19.9 Å². The third-order valence-corrected chi connectivity index (χ3v) is 8.37. The first-order valence-corrected chi connectivity index (χ1v) is 19.8. The van der Waals surface area contributed by atoms with Crippen molar-refractivity contribution in [1.29, 1.82) is 0 Å². The van der Waals surface area contributed by atoms with Crippen molar-refractivity contribution in [2.45, 2.75) is 162 Å². The zero-order valence-electron chi connectivity index (χ0n) is 36.3. The largest absolute Gasteiger partial charge is 0.509 e. The van der Waals surface area contributed by atoms with E-state index in [4.69, 9.17) is 42.6 Å². The quantitative estimate of drug-likeness (QED) is 0.160. The number of nitrogens with one attached hydrogen (secondary N) is 1. The van der Waals surface area contributed by atoms with Crippen LogP contribution in [-0.2, 0) is 37.9 Å². The van der Waals surface area contributed by atoms with Crippen LogP contribution >= 0.6 is 0 Å². The minimum absolute atomic E-state index is 0.0387. The molecule has 5 rings (SSSR count). The van der Waals surface area contributed by atoms with Gasteiger partial charge in [-0.15, -0.1) is 4.90 Å². The number of carbonyl (C=O) groups excluding carboxylic acids is 4. The number of anilines is 3. The van der Waals surface area contributed by atoms with Crippen LogP contribution in [0.2, 0.25) is 0 Å². The van der Waals surface area contributed by atoms with Gasteiger partial charge in [-0.05, 0) is 89.5 Å². The third kappa shape index (κ3) is 11.6. The van der Waals surface area contributed by atoms with E-state index in [-0.39, 0.29) is 30.6 Å². The molecular weight excluding hydrogens is 770 g/mol. The first-order chi connectivity index (χ1) is 27.3. The molecule has 3 amide bonds. The van der Waals surface area contributed by atoms with Gasteiger partial charge < -0.3 is 47.9 Å². The molecule has 0 saturated carbocycles. The molecule has 6 atom stereocenters. The highest BCUT2D eigenvalue weighted by Gasteiger charge is 2.58. The summed E-state index contributed by atoms with van der Waals surface area (Å²) in [5.74, 6) is -0.878. The van der Waals surface area contributed by atoms with Gasteiger partial charge in [-0.25, -0.2) is 24.1 Å². The Kier molecular flexibility index (Phi) is 13.3. The van der Waals surface area contributed by atoms with Crippen molar-refractivity contribution >= 4 is 41.9 Å². The van der Waals surface area contributed by atoms with Crippen molar-refractivity contribution in [2.75, 3.05) is 28.3 Å². The second-order valence-electron chi connectivity index (χ2n) is 18.3. The van der Waals surface area contributed by atoms with Crippen molar-refractivity contribution in [3.8, 4) is 5.88 Å². The normalized spacial score (nSPS) is 23.0. The van der Waals surface area contributed by atoms with E-state index in [9.17, 15) is 19.2 Å². The number of hydrogen-bond donors (Lipinski definition) is 1. The summed E-state index contributed by atoms with van der Waals surface area (Å²) < 4.78 is 54.4. The molecule has 0 spiro atoms. The summed E-state index contributed by atoms with van der Waals surface area (Å²) in [6, 6.07) is 8.13. The summed E-state index contributed by atoms with van der Waals surface area (Å²) in [6.45, 7) is 22.0. The van der Waals surface area contributed by atoms with E-state index >= 15 is 0 Å². The van der Waals surface area contributed by atoms with Crippen LogP contribution in [0.4, 0.5) is 36.6 Å². The number of unbranched alkanes of at least 4 members (excludes halogenated alkanes) is 1. The highest BCUT2D eigenvalue weighted by Crippen LogP contribution is 2.46. The summed E-state index contributed by atoms with van der Waals surface area (Å²) in [6.07, 6.45) is -8.18. The molecule has 326 valence electrons. The summed E-state index contributed by atoms with van der Waals surface area (Å²) in [7, 11) is 0. The van der Waals surface area contributed by atoms with Gasteiger partial charge in [-0.3, -0.25) is 0 Å². The first-order valence-electron chi connectivity index (χ1n) is 19.8. The number of rotatable bonds is 7. The van der Waals surface area contributed by atoms with E-state index < -0.39 is 89.7 Å². The van der Waals surface area contributed by atoms with E-state index in [1.165, 1.54) is 0 Å². The molecule has 18 nitrogen and oxygen atoms in total. The Hall–Kier alpha value is -4.94. The van der Waals surface area contributed by atoms with Crippen LogP contribution in [0.15, 0.2) is 30.3 Å². The van der Waals surface area contributed by atoms with Crippen molar-refractivity contribution < 1.29 is 61.8 Å². The topological polar surface area (TPSA) is 196 Å². The number of imide groups is 1. The molecule has 2 saturated heterocycles. The molecular formula is C41H59N5O13. The van der Waals surface area contributed by atoms with Crippen molar-refractivity contribution in [2.24, 2.45) is 0 Å². The average molecular weight is 830 g/mol. The standard InChI is InChI=1S/C41H59N5O13/c1-14-15-21-51-30-26-29(43-33(44-30)46(35(48)57-39(5,6)7)36(49)58-40(8,9)10)45(34(47)56-38(2,3)4)31-25(42-26)28(55-37(50)59-41(11,12)13)27-24(53-31)22-52-32(54-27)23-19-17-16-18-20-23/h16-20,24-25,27-28,31-32,42H,14-15,21-22H2,1-13H3/t24-,25+,27+,28+,31-,32?/m1/s1. The Morgan fingerprint density at radius 2 is 1.41 bits per heavy atom. The van der Waals surface area contributed by atoms with Gasteiger partial charge in [0, 0.05) is 5.56 Å². The summed E-state index contributed by atoms with van der Waals surface area (Å²) in [5.41, 5.74) is -3.30. The molecule has 3 aliphatic heterocycles. The van der Waals surface area contributed by atoms with Crippen molar-refractivity contribution in [3.63, 3.8) is 0 Å². The SMILES string of the molecule is CCCCOc1nc(N(C(=O)OC(C)(C)C)C(=O)OC(C)(C)C)nc2c1N[C@H]1[C@H](OC(=O)OC(C)(C)C)[C@H]3OC(c4ccccc4)OC[C@H]3O[C@H]1N2C(=O)OC(C)(C)C. The third-order valence-electron chi connectivity index (χ3n) is 8.37. The summed E-state index contributed by atoms with van der Waals surface area (Å²) in [5, 5.41) is 3.32. The smallest absolute Gasteiger partial charge is 0.476 e. The van der Waals surface area contributed by atoms with Gasteiger partial charge in [0.15, 0.2) is 24.4 Å². The van der Waals surface area contributed by atoms with Crippen molar-refractivity contribution in [1.82, 2.24) is 9.97 Å². The van der Waals surface area contributed by atoms with Gasteiger partial charge in [-0.2, -0.15) is 9.97 Å². The molecule has 18 heteroatoms. The molecule has 59 heavy (non-hydrogen) atoms. The molecule has 1 aromatic carbocycles. The number of amides is 3. The zero-order chi connectivity index (χ0) is 43.7. The molecule has 1 N–H and O–H groups in total. The maximum atomic E-state index is 14.5. The minimum atomic E-state index is -1.34. The van der Waals surface area contributed by atoms with E-state index in [0.717, 1.165) is 11.3 Å². The number of aromatic nitrogens is 2. The number of nitrogens with zero attached hydrogens (tertiary/aromatic N) is 4. The van der Waals surface area contributed by atoms with Crippen LogP contribution in [0.1, 0.15) is 115 Å². The second-order valence-corrected chi connectivity index (χ2v) is 18.3. The van der Waals surface area contributed by atoms with Crippen LogP contribution in [-0.4, -0.2) is 101 Å². The molecule has 4 heterocycles. The number of fused-ring (bicyclic) bond motifs is 3. The number of benzene rings is 1. The molecule has 3 aliphatic rings. The Morgan fingerprint density at radius 1 is 0.814 bits per heavy atom. The zero-order valence-corrected chi connectivity index (χ0v) is 36.3. The van der Waals surface area contributed by atoms with E-state index in [1.54, 1.807) is 83.1 Å². The Balaban J connectivity index is 1.71. The molecule has 0 aliphatic carbocycles. The van der Waals surface area contributed by atoms with Gasteiger partial charge in [-0.1, -0.05) is 43.7 Å². The van der Waals surface area contributed by atoms with Crippen LogP contribution in [0.5, 0.6) is 5.88 Å². The lowest BCUT2D eigenvalue weighted by Gasteiger charge is -2.53. The van der Waals surface area contributed by atoms with Gasteiger partial charge in [0.25, 0.3) is 0 Å². The first kappa shape index (κ1) is 45.1. The van der Waals surface area contributed by atoms with Crippen LogP contribution in [0, 0.1) is 0 Å². The molecule has 0 radical (unpaired) electrons. The van der Waals surface area contributed by atoms with Gasteiger partial charge >= 0.3 is 24.4 Å². The second kappa shape index (κ2) is 17.3. The van der Waals surface area contributed by atoms with E-state index in [0.29, 0.717) is 16.9 Å². The number of hydrogen-bond acceptors (Lipinski definition) is 16. The Labute approximate surface area is 345 Å². The van der Waals surface area contributed by atoms with Crippen LogP contribution in [0.3, 0.4) is 0 Å². The lowest BCUT2D eigenvalue weighted by atomic mass is 9.92. The molecule has 2 fully saturated rings. The fourth-order valence-corrected chi connectivity index (χ4v) is 6.15. The average Bonchev–Trinajstić information content (AvgIpc) is 3.08. The monoisotopic (exact) mass is 829 g/mol. The number of ether oxygens (including phenoxy) is 9. The van der Waals surface area contributed by atoms with Gasteiger partial charge in [0.1, 0.15) is 46.3 Å². The highest BCUT2D eigenvalue weighted by molar-refractivity contribution is 6.08.